The standard InChI is InChI=1S/C19H19N3O2/c1-12-11-17(23)13(2)10-16(12)20-18-14(3)21(4)22(19(18)24)15-8-6-5-7-9-15/h5-11H,1-4H3. The lowest BCUT2D eigenvalue weighted by Crippen LogP contribution is -2.19. The van der Waals surface area contributed by atoms with Crippen molar-refractivity contribution in [3.05, 3.63) is 69.7 Å². The van der Waals surface area contributed by atoms with Crippen LogP contribution in [0, 0.1) is 6.92 Å². The van der Waals surface area contributed by atoms with E-state index in [1.807, 2.05) is 51.2 Å². The molecule has 2 aromatic rings. The van der Waals surface area contributed by atoms with Crippen molar-refractivity contribution in [1.29, 1.82) is 0 Å². The summed E-state index contributed by atoms with van der Waals surface area (Å²) in [6.07, 6.45) is 3.29. The molecule has 1 aromatic carbocycles. The maximum absolute atomic E-state index is 12.9. The van der Waals surface area contributed by atoms with Crippen molar-refractivity contribution in [3.63, 3.8) is 0 Å². The molecule has 24 heavy (non-hydrogen) atoms. The number of aliphatic imine (C=N–C) groups is 1. The molecular formula is C19H19N3O2. The molecule has 0 unspecified atom stereocenters. The highest BCUT2D eigenvalue weighted by molar-refractivity contribution is 6.22. The molecule has 0 N–H and O–H groups in total. The smallest absolute Gasteiger partial charge is 0.290 e. The van der Waals surface area contributed by atoms with Gasteiger partial charge in [0.25, 0.3) is 5.56 Å². The largest absolute Gasteiger partial charge is 0.297 e. The lowest BCUT2D eigenvalue weighted by atomic mass is 9.98. The molecule has 0 radical (unpaired) electrons. The summed E-state index contributed by atoms with van der Waals surface area (Å²) in [5.74, 6) is -0.0158. The topological polar surface area (TPSA) is 56.4 Å². The highest BCUT2D eigenvalue weighted by Crippen LogP contribution is 2.20. The number of ketones is 1. The Kier molecular flexibility index (Phi) is 3.93. The third-order valence-electron chi connectivity index (χ3n) is 4.25. The molecule has 1 aromatic heterocycles. The van der Waals surface area contributed by atoms with Gasteiger partial charge in [-0.25, -0.2) is 9.67 Å². The number of benzene rings is 1. The summed E-state index contributed by atoms with van der Waals surface area (Å²) in [5, 5.41) is 0. The fraction of sp³-hybridized carbons (Fsp3) is 0.211. The number of para-hydroxylation sites is 1. The van der Waals surface area contributed by atoms with Crippen molar-refractivity contribution in [2.75, 3.05) is 0 Å². The van der Waals surface area contributed by atoms with E-state index in [0.717, 1.165) is 17.0 Å². The van der Waals surface area contributed by atoms with Crippen molar-refractivity contribution in [1.82, 2.24) is 9.36 Å². The predicted octanol–water partition coefficient (Wildman–Crippen LogP) is 3.03. The molecule has 0 fully saturated rings. The van der Waals surface area contributed by atoms with Crippen LogP contribution in [0.15, 0.2) is 63.4 Å². The molecule has 0 amide bonds. The molecular weight excluding hydrogens is 302 g/mol. The van der Waals surface area contributed by atoms with E-state index in [1.54, 1.807) is 28.4 Å². The molecule has 1 aliphatic carbocycles. The summed E-state index contributed by atoms with van der Waals surface area (Å²) in [6.45, 7) is 5.44. The number of hydrogen-bond acceptors (Lipinski definition) is 3. The van der Waals surface area contributed by atoms with Gasteiger partial charge in [-0.3, -0.25) is 14.3 Å². The number of carbonyl (C=O) groups excluding carboxylic acids is 1. The van der Waals surface area contributed by atoms with Crippen LogP contribution < -0.4 is 5.56 Å². The van der Waals surface area contributed by atoms with Gasteiger partial charge in [-0.05, 0) is 56.2 Å². The average Bonchev–Trinajstić information content (AvgIpc) is 2.77. The average molecular weight is 321 g/mol. The van der Waals surface area contributed by atoms with E-state index in [0.29, 0.717) is 17.0 Å². The molecule has 1 aliphatic rings. The highest BCUT2D eigenvalue weighted by Gasteiger charge is 2.18. The third kappa shape index (κ3) is 2.58. The van der Waals surface area contributed by atoms with E-state index >= 15 is 0 Å². The molecule has 0 saturated carbocycles. The summed E-state index contributed by atoms with van der Waals surface area (Å²) < 4.78 is 3.39. The minimum atomic E-state index is -0.176. The van der Waals surface area contributed by atoms with Crippen molar-refractivity contribution < 1.29 is 4.79 Å². The molecule has 5 heteroatoms. The first-order valence-corrected chi connectivity index (χ1v) is 7.74. The Balaban J connectivity index is 2.18. The van der Waals surface area contributed by atoms with Gasteiger partial charge in [-0.2, -0.15) is 0 Å². The Morgan fingerprint density at radius 3 is 2.25 bits per heavy atom. The summed E-state index contributed by atoms with van der Waals surface area (Å²) in [4.78, 5) is 29.1. The second-order valence-corrected chi connectivity index (χ2v) is 5.93. The summed E-state index contributed by atoms with van der Waals surface area (Å²) in [6, 6.07) is 9.45. The van der Waals surface area contributed by atoms with Crippen LogP contribution in [0.1, 0.15) is 19.5 Å². The van der Waals surface area contributed by atoms with Crippen molar-refractivity contribution in [2.24, 2.45) is 12.0 Å². The number of aromatic nitrogens is 2. The lowest BCUT2D eigenvalue weighted by molar-refractivity contribution is -0.111. The van der Waals surface area contributed by atoms with Crippen molar-refractivity contribution in [2.45, 2.75) is 20.8 Å². The molecule has 0 atom stereocenters. The van der Waals surface area contributed by atoms with Crippen LogP contribution >= 0.6 is 0 Å². The number of nitrogens with zero attached hydrogens (tertiary/aromatic N) is 3. The van der Waals surface area contributed by atoms with E-state index in [2.05, 4.69) is 4.99 Å². The van der Waals surface area contributed by atoms with Crippen LogP contribution in [0.25, 0.3) is 5.69 Å². The molecule has 5 nitrogen and oxygen atoms in total. The van der Waals surface area contributed by atoms with Crippen LogP contribution in [-0.2, 0) is 11.8 Å². The maximum Gasteiger partial charge on any atom is 0.297 e. The van der Waals surface area contributed by atoms with Gasteiger partial charge in [0.15, 0.2) is 11.5 Å². The Bertz CT molecular complexity index is 970. The van der Waals surface area contributed by atoms with E-state index < -0.39 is 0 Å². The fourth-order valence-electron chi connectivity index (χ4n) is 2.70. The van der Waals surface area contributed by atoms with E-state index in [1.165, 1.54) is 0 Å². The van der Waals surface area contributed by atoms with Gasteiger partial charge in [0, 0.05) is 7.05 Å². The number of hydrogen-bond donors (Lipinski definition) is 0. The molecule has 1 heterocycles. The highest BCUT2D eigenvalue weighted by atomic mass is 16.1. The van der Waals surface area contributed by atoms with E-state index in [9.17, 15) is 9.59 Å². The minimum absolute atomic E-state index is 0.0158. The maximum atomic E-state index is 12.9. The molecule has 122 valence electrons. The summed E-state index contributed by atoms with van der Waals surface area (Å²) in [5.41, 5.74) is 3.81. The Labute approximate surface area is 140 Å². The zero-order valence-corrected chi connectivity index (χ0v) is 14.2. The zero-order valence-electron chi connectivity index (χ0n) is 14.2. The van der Waals surface area contributed by atoms with Gasteiger partial charge < -0.3 is 0 Å². The number of rotatable bonds is 2. The second kappa shape index (κ2) is 5.92. The monoisotopic (exact) mass is 321 g/mol. The first-order chi connectivity index (χ1) is 11.4. The lowest BCUT2D eigenvalue weighted by Gasteiger charge is -2.09. The van der Waals surface area contributed by atoms with E-state index in [-0.39, 0.29) is 11.3 Å². The first-order valence-electron chi connectivity index (χ1n) is 7.74. The number of allylic oxidation sites excluding steroid dienone is 4. The third-order valence-corrected chi connectivity index (χ3v) is 4.25. The van der Waals surface area contributed by atoms with Crippen LogP contribution in [0.5, 0.6) is 0 Å². The van der Waals surface area contributed by atoms with Crippen LogP contribution in [0.4, 0.5) is 5.69 Å². The van der Waals surface area contributed by atoms with Crippen LogP contribution in [-0.4, -0.2) is 20.9 Å². The zero-order chi connectivity index (χ0) is 17.4. The van der Waals surface area contributed by atoms with Gasteiger partial charge in [-0.1, -0.05) is 18.2 Å². The summed E-state index contributed by atoms with van der Waals surface area (Å²) >= 11 is 0. The Morgan fingerprint density at radius 2 is 1.58 bits per heavy atom. The minimum Gasteiger partial charge on any atom is -0.290 e. The van der Waals surface area contributed by atoms with E-state index in [4.69, 9.17) is 0 Å². The Morgan fingerprint density at radius 1 is 0.917 bits per heavy atom. The molecule has 0 spiro atoms. The fourth-order valence-corrected chi connectivity index (χ4v) is 2.70. The predicted molar refractivity (Wildman–Crippen MR) is 95.4 cm³/mol. The summed E-state index contributed by atoms with van der Waals surface area (Å²) in [7, 11) is 1.83. The van der Waals surface area contributed by atoms with Crippen LogP contribution in [0.3, 0.4) is 0 Å². The van der Waals surface area contributed by atoms with Gasteiger partial charge in [0.2, 0.25) is 0 Å². The molecule has 0 bridgehead atoms. The molecule has 0 saturated heterocycles. The SMILES string of the molecule is CC1=CC(=Nc2c(C)n(C)n(-c3ccccc3)c2=O)C(C)=CC1=O. The van der Waals surface area contributed by atoms with Gasteiger partial charge in [-0.15, -0.1) is 0 Å². The quantitative estimate of drug-likeness (QED) is 0.798. The van der Waals surface area contributed by atoms with Crippen molar-refractivity contribution in [3.8, 4) is 5.69 Å². The van der Waals surface area contributed by atoms with Crippen molar-refractivity contribution >= 4 is 17.2 Å². The van der Waals surface area contributed by atoms with Gasteiger partial charge >= 0.3 is 0 Å². The van der Waals surface area contributed by atoms with Gasteiger partial charge in [0.1, 0.15) is 0 Å². The van der Waals surface area contributed by atoms with Crippen LogP contribution in [0.2, 0.25) is 0 Å². The molecule has 0 aliphatic heterocycles. The normalized spacial score (nSPS) is 16.3. The Hall–Kier alpha value is -2.95. The second-order valence-electron chi connectivity index (χ2n) is 5.93. The first kappa shape index (κ1) is 15.9. The molecule has 3 rings (SSSR count). The number of carbonyl (C=O) groups is 1. The van der Waals surface area contributed by atoms with Gasteiger partial charge in [0.05, 0.1) is 17.1 Å².